The van der Waals surface area contributed by atoms with Crippen LogP contribution < -0.4 is 0 Å². The van der Waals surface area contributed by atoms with Crippen LogP contribution in [0.15, 0.2) is 12.2 Å². The molecule has 0 aromatic rings. The first-order valence-electron chi connectivity index (χ1n) is 9.71. The van der Waals surface area contributed by atoms with Gasteiger partial charge in [-0.1, -0.05) is 79.1 Å². The van der Waals surface area contributed by atoms with Gasteiger partial charge in [-0.15, -0.1) is 11.1 Å². The van der Waals surface area contributed by atoms with Crippen molar-refractivity contribution < 1.29 is 0 Å². The summed E-state index contributed by atoms with van der Waals surface area (Å²) in [5, 5.41) is 0. The highest BCUT2D eigenvalue weighted by atomic mass is 28.3. The molecule has 0 rings (SSSR count). The Morgan fingerprint density at radius 1 is 0.800 bits per heavy atom. The minimum Gasteiger partial charge on any atom is -0.126 e. The van der Waals surface area contributed by atoms with Gasteiger partial charge in [-0.25, -0.2) is 0 Å². The van der Waals surface area contributed by atoms with Gasteiger partial charge in [0.1, 0.15) is 16.1 Å². The first-order valence-corrected chi connectivity index (χ1v) is 15.4. The first-order chi connectivity index (χ1) is 11.5. The van der Waals surface area contributed by atoms with Crippen molar-refractivity contribution in [2.24, 2.45) is 0 Å². The fraction of sp³-hybridized carbons (Fsp3) is 0.652. The molecule has 2 heteroatoms. The SMILES string of the molecule is CC(C)[Si](C#C/C=C\CCCC#CC#C[Si](C)(C)C)(C(C)C)C(C)C. The molecule has 0 aliphatic rings. The van der Waals surface area contributed by atoms with Crippen molar-refractivity contribution >= 4 is 16.1 Å². The molecule has 0 aromatic carbocycles. The zero-order valence-electron chi connectivity index (χ0n) is 18.0. The van der Waals surface area contributed by atoms with E-state index in [0.717, 1.165) is 19.3 Å². The quantitative estimate of drug-likeness (QED) is 0.273. The zero-order chi connectivity index (χ0) is 19.5. The summed E-state index contributed by atoms with van der Waals surface area (Å²) in [6.07, 6.45) is 7.31. The highest BCUT2D eigenvalue weighted by Gasteiger charge is 2.41. The van der Waals surface area contributed by atoms with Gasteiger partial charge in [-0.05, 0) is 47.4 Å². The first kappa shape index (κ1) is 23.9. The van der Waals surface area contributed by atoms with Crippen LogP contribution in [-0.2, 0) is 0 Å². The zero-order valence-corrected chi connectivity index (χ0v) is 20.0. The van der Waals surface area contributed by atoms with Gasteiger partial charge in [-0.2, -0.15) is 0 Å². The Kier molecular flexibility index (Phi) is 10.9. The largest absolute Gasteiger partial charge is 0.146 e. The third kappa shape index (κ3) is 9.21. The summed E-state index contributed by atoms with van der Waals surface area (Å²) in [5.41, 5.74) is 9.08. The molecule has 0 saturated carbocycles. The average Bonchev–Trinajstić information content (AvgIpc) is 2.46. The molecule has 0 bridgehead atoms. The molecule has 138 valence electrons. The van der Waals surface area contributed by atoms with Gasteiger partial charge in [0.25, 0.3) is 0 Å². The van der Waals surface area contributed by atoms with Gasteiger partial charge in [0.15, 0.2) is 0 Å². The molecule has 0 heterocycles. The van der Waals surface area contributed by atoms with E-state index in [2.05, 4.69) is 108 Å². The lowest BCUT2D eigenvalue weighted by Gasteiger charge is -2.37. The molecule has 0 amide bonds. The van der Waals surface area contributed by atoms with Crippen molar-refractivity contribution in [1.82, 2.24) is 0 Å². The average molecular weight is 371 g/mol. The van der Waals surface area contributed by atoms with E-state index in [-0.39, 0.29) is 0 Å². The van der Waals surface area contributed by atoms with E-state index in [9.17, 15) is 0 Å². The number of allylic oxidation sites excluding steroid dienone is 2. The molecule has 0 fully saturated rings. The Bertz CT molecular complexity index is 574. The van der Waals surface area contributed by atoms with Gasteiger partial charge < -0.3 is 0 Å². The molecule has 0 radical (unpaired) electrons. The van der Waals surface area contributed by atoms with Crippen LogP contribution in [0.2, 0.25) is 36.3 Å². The van der Waals surface area contributed by atoms with Crippen molar-refractivity contribution in [3.05, 3.63) is 12.2 Å². The van der Waals surface area contributed by atoms with Crippen molar-refractivity contribution in [2.45, 2.75) is 97.1 Å². The molecular formula is C23H38Si2. The van der Waals surface area contributed by atoms with E-state index in [4.69, 9.17) is 0 Å². The van der Waals surface area contributed by atoms with Gasteiger partial charge in [0.2, 0.25) is 0 Å². The maximum Gasteiger partial charge on any atom is 0.146 e. The molecule has 0 saturated heterocycles. The molecule has 0 nitrogen and oxygen atoms in total. The van der Waals surface area contributed by atoms with E-state index in [1.807, 2.05) is 0 Å². The van der Waals surface area contributed by atoms with Crippen LogP contribution in [0.25, 0.3) is 0 Å². The predicted octanol–water partition coefficient (Wildman–Crippen LogP) is 6.82. The minimum absolute atomic E-state index is 0.695. The summed E-state index contributed by atoms with van der Waals surface area (Å²) < 4.78 is 0. The Morgan fingerprint density at radius 2 is 1.36 bits per heavy atom. The Morgan fingerprint density at radius 3 is 1.84 bits per heavy atom. The number of hydrogen-bond acceptors (Lipinski definition) is 0. The van der Waals surface area contributed by atoms with Crippen molar-refractivity contribution in [2.75, 3.05) is 0 Å². The van der Waals surface area contributed by atoms with Crippen LogP contribution in [0, 0.1) is 34.8 Å². The summed E-state index contributed by atoms with van der Waals surface area (Å²) in [6, 6.07) is 0. The van der Waals surface area contributed by atoms with Gasteiger partial charge >= 0.3 is 0 Å². The van der Waals surface area contributed by atoms with Crippen LogP contribution in [0.5, 0.6) is 0 Å². The summed E-state index contributed by atoms with van der Waals surface area (Å²) >= 11 is 0. The number of unbranched alkanes of at least 4 members (excludes halogenated alkanes) is 2. The lowest BCUT2D eigenvalue weighted by atomic mass is 10.2. The van der Waals surface area contributed by atoms with Crippen molar-refractivity contribution in [1.29, 1.82) is 0 Å². The molecule has 0 aliphatic heterocycles. The van der Waals surface area contributed by atoms with Gasteiger partial charge in [-0.3, -0.25) is 0 Å². The van der Waals surface area contributed by atoms with E-state index in [1.54, 1.807) is 0 Å². The molecule has 0 aromatic heterocycles. The topological polar surface area (TPSA) is 0 Å². The van der Waals surface area contributed by atoms with Gasteiger partial charge in [0.05, 0.1) is 0 Å². The summed E-state index contributed by atoms with van der Waals surface area (Å²) in [7, 11) is -2.85. The smallest absolute Gasteiger partial charge is 0.126 e. The standard InChI is InChI=1S/C23H38Si2/c1-21(2)25(22(3)4,23(5)6)20-18-16-14-12-10-11-13-15-17-19-24(7,8)9/h14,16,21-23H,10-12H2,1-9H3/b16-14-. The molecule has 0 spiro atoms. The van der Waals surface area contributed by atoms with E-state index >= 15 is 0 Å². The molecule has 25 heavy (non-hydrogen) atoms. The van der Waals surface area contributed by atoms with E-state index in [1.165, 1.54) is 0 Å². The number of rotatable bonds is 6. The maximum absolute atomic E-state index is 3.72. The van der Waals surface area contributed by atoms with Crippen molar-refractivity contribution in [3.8, 4) is 34.8 Å². The fourth-order valence-corrected chi connectivity index (χ4v) is 9.01. The maximum atomic E-state index is 3.72. The lowest BCUT2D eigenvalue weighted by Crippen LogP contribution is -2.43. The van der Waals surface area contributed by atoms with Gasteiger partial charge in [0, 0.05) is 6.42 Å². The molecule has 0 unspecified atom stereocenters. The second-order valence-electron chi connectivity index (χ2n) is 8.76. The minimum atomic E-state index is -1.58. The van der Waals surface area contributed by atoms with Crippen molar-refractivity contribution in [3.63, 3.8) is 0 Å². The molecule has 0 N–H and O–H groups in total. The monoisotopic (exact) mass is 370 g/mol. The highest BCUT2D eigenvalue weighted by molar-refractivity contribution is 6.90. The Balaban J connectivity index is 4.53. The predicted molar refractivity (Wildman–Crippen MR) is 121 cm³/mol. The second kappa shape index (κ2) is 11.5. The fourth-order valence-electron chi connectivity index (χ4n) is 3.38. The summed E-state index contributed by atoms with van der Waals surface area (Å²) in [6.45, 7) is 20.8. The van der Waals surface area contributed by atoms with Crippen LogP contribution in [0.1, 0.15) is 60.8 Å². The lowest BCUT2D eigenvalue weighted by molar-refractivity contribution is 0.838. The van der Waals surface area contributed by atoms with E-state index in [0.29, 0.717) is 16.6 Å². The Labute approximate surface area is 160 Å². The van der Waals surface area contributed by atoms with Crippen LogP contribution in [0.4, 0.5) is 0 Å². The summed E-state index contributed by atoms with van der Waals surface area (Å²) in [4.78, 5) is 0. The summed E-state index contributed by atoms with van der Waals surface area (Å²) in [5.74, 6) is 12.5. The number of hydrogen-bond donors (Lipinski definition) is 0. The van der Waals surface area contributed by atoms with Crippen LogP contribution in [-0.4, -0.2) is 16.1 Å². The highest BCUT2D eigenvalue weighted by Crippen LogP contribution is 2.40. The third-order valence-electron chi connectivity index (χ3n) is 4.62. The molecule has 0 aliphatic carbocycles. The Hall–Kier alpha value is -1.15. The van der Waals surface area contributed by atoms with Crippen LogP contribution >= 0.6 is 0 Å². The molecular weight excluding hydrogens is 332 g/mol. The van der Waals surface area contributed by atoms with Crippen LogP contribution in [0.3, 0.4) is 0 Å². The van der Waals surface area contributed by atoms with E-state index < -0.39 is 16.1 Å². The third-order valence-corrected chi connectivity index (χ3v) is 11.8. The normalized spacial score (nSPS) is 11.8. The second-order valence-corrected chi connectivity index (χ2v) is 19.1. The molecule has 0 atom stereocenters.